The first-order valence-electron chi connectivity index (χ1n) is 3.98. The second-order valence-electron chi connectivity index (χ2n) is 2.70. The molecule has 0 fully saturated rings. The molecule has 4 heteroatoms. The number of anilines is 1. The smallest absolute Gasteiger partial charge is 0.305 e. The van der Waals surface area contributed by atoms with Gasteiger partial charge in [0, 0.05) is 18.8 Å². The molecular formula is C9H12N2O2. The Bertz CT molecular complexity index is 299. The Morgan fingerprint density at radius 2 is 2.38 bits per heavy atom. The van der Waals surface area contributed by atoms with Crippen molar-refractivity contribution in [3.63, 3.8) is 0 Å². The normalized spacial score (nSPS) is 9.62. The summed E-state index contributed by atoms with van der Waals surface area (Å²) in [6, 6.07) is 1.80. The molecule has 70 valence electrons. The molecule has 1 aromatic rings. The number of hydrogen-bond donors (Lipinski definition) is 1. The molecule has 4 nitrogen and oxygen atoms in total. The second kappa shape index (κ2) is 4.45. The quantitative estimate of drug-likeness (QED) is 0.698. The predicted octanol–water partition coefficient (Wildman–Crippen LogP) is 0.769. The maximum Gasteiger partial charge on any atom is 0.305 e. The van der Waals surface area contributed by atoms with Gasteiger partial charge in [-0.3, -0.25) is 9.78 Å². The van der Waals surface area contributed by atoms with Gasteiger partial charge in [-0.05, 0) is 18.1 Å². The van der Waals surface area contributed by atoms with Crippen molar-refractivity contribution in [1.82, 2.24) is 4.98 Å². The molecule has 0 aromatic carbocycles. The Labute approximate surface area is 76.7 Å². The van der Waals surface area contributed by atoms with Gasteiger partial charge in [0.2, 0.25) is 0 Å². The van der Waals surface area contributed by atoms with E-state index in [9.17, 15) is 4.79 Å². The molecule has 0 saturated heterocycles. The van der Waals surface area contributed by atoms with E-state index in [1.54, 1.807) is 18.5 Å². The number of rotatable bonds is 3. The van der Waals surface area contributed by atoms with Crippen LogP contribution in [-0.2, 0) is 16.0 Å². The predicted molar refractivity (Wildman–Crippen MR) is 49.0 cm³/mol. The number of carbonyl (C=O) groups excluding carboxylic acids is 1. The monoisotopic (exact) mass is 180 g/mol. The van der Waals surface area contributed by atoms with E-state index in [0.29, 0.717) is 18.5 Å². The third-order valence-corrected chi connectivity index (χ3v) is 1.66. The number of methoxy groups -OCH3 is 1. The van der Waals surface area contributed by atoms with E-state index in [0.717, 1.165) is 5.56 Å². The van der Waals surface area contributed by atoms with Gasteiger partial charge >= 0.3 is 5.97 Å². The number of nitrogen functional groups attached to an aromatic ring is 1. The summed E-state index contributed by atoms with van der Waals surface area (Å²) in [5.41, 5.74) is 7.08. The lowest BCUT2D eigenvalue weighted by Gasteiger charge is -2.00. The lowest BCUT2D eigenvalue weighted by atomic mass is 10.1. The largest absolute Gasteiger partial charge is 0.469 e. The highest BCUT2D eigenvalue weighted by atomic mass is 16.5. The maximum absolute atomic E-state index is 10.8. The molecule has 0 atom stereocenters. The van der Waals surface area contributed by atoms with Crippen LogP contribution in [0.2, 0.25) is 0 Å². The minimum atomic E-state index is -0.220. The number of hydrogen-bond acceptors (Lipinski definition) is 4. The average molecular weight is 180 g/mol. The Balaban J connectivity index is 2.50. The number of aromatic nitrogens is 1. The van der Waals surface area contributed by atoms with E-state index in [1.807, 2.05) is 0 Å². The minimum Gasteiger partial charge on any atom is -0.469 e. The van der Waals surface area contributed by atoms with E-state index in [1.165, 1.54) is 7.11 Å². The summed E-state index contributed by atoms with van der Waals surface area (Å²) >= 11 is 0. The van der Waals surface area contributed by atoms with Crippen molar-refractivity contribution in [3.05, 3.63) is 24.0 Å². The third kappa shape index (κ3) is 3.11. The Morgan fingerprint density at radius 1 is 1.62 bits per heavy atom. The molecule has 0 aliphatic rings. The first-order chi connectivity index (χ1) is 6.22. The van der Waals surface area contributed by atoms with Crippen LogP contribution in [0.25, 0.3) is 0 Å². The number of nitrogens with two attached hydrogens (primary N) is 1. The van der Waals surface area contributed by atoms with E-state index in [4.69, 9.17) is 5.73 Å². The zero-order chi connectivity index (χ0) is 9.68. The maximum atomic E-state index is 10.8. The van der Waals surface area contributed by atoms with Crippen LogP contribution in [-0.4, -0.2) is 18.1 Å². The van der Waals surface area contributed by atoms with Crippen molar-refractivity contribution in [1.29, 1.82) is 0 Å². The Kier molecular flexibility index (Phi) is 3.25. The second-order valence-corrected chi connectivity index (χ2v) is 2.70. The highest BCUT2D eigenvalue weighted by molar-refractivity contribution is 5.69. The molecule has 1 aromatic heterocycles. The van der Waals surface area contributed by atoms with Crippen LogP contribution in [0.3, 0.4) is 0 Å². The number of ether oxygens (including phenoxy) is 1. The summed E-state index contributed by atoms with van der Waals surface area (Å²) in [5, 5.41) is 0. The highest BCUT2D eigenvalue weighted by Gasteiger charge is 2.01. The van der Waals surface area contributed by atoms with Crippen molar-refractivity contribution in [3.8, 4) is 0 Å². The molecule has 0 amide bonds. The number of esters is 1. The minimum absolute atomic E-state index is 0.220. The molecule has 0 aliphatic heterocycles. The van der Waals surface area contributed by atoms with Crippen LogP contribution >= 0.6 is 0 Å². The average Bonchev–Trinajstić information content (AvgIpc) is 2.14. The van der Waals surface area contributed by atoms with Gasteiger partial charge in [-0.1, -0.05) is 0 Å². The lowest BCUT2D eigenvalue weighted by Crippen LogP contribution is -2.02. The fourth-order valence-corrected chi connectivity index (χ4v) is 0.993. The van der Waals surface area contributed by atoms with Gasteiger partial charge < -0.3 is 10.5 Å². The van der Waals surface area contributed by atoms with Gasteiger partial charge in [0.05, 0.1) is 12.8 Å². The molecule has 0 aliphatic carbocycles. The van der Waals surface area contributed by atoms with Gasteiger partial charge in [0.1, 0.15) is 0 Å². The van der Waals surface area contributed by atoms with Crippen molar-refractivity contribution in [2.45, 2.75) is 12.8 Å². The van der Waals surface area contributed by atoms with Crippen molar-refractivity contribution in [2.24, 2.45) is 0 Å². The van der Waals surface area contributed by atoms with Gasteiger partial charge in [0.25, 0.3) is 0 Å². The molecular weight excluding hydrogens is 168 g/mol. The fourth-order valence-electron chi connectivity index (χ4n) is 0.993. The Morgan fingerprint density at radius 3 is 3.00 bits per heavy atom. The Hall–Kier alpha value is -1.58. The molecule has 13 heavy (non-hydrogen) atoms. The van der Waals surface area contributed by atoms with Crippen molar-refractivity contribution < 1.29 is 9.53 Å². The van der Waals surface area contributed by atoms with Crippen LogP contribution < -0.4 is 5.73 Å². The van der Waals surface area contributed by atoms with Crippen LogP contribution in [0.5, 0.6) is 0 Å². The SMILES string of the molecule is COC(=O)CCc1cncc(N)c1. The zero-order valence-corrected chi connectivity index (χ0v) is 7.49. The zero-order valence-electron chi connectivity index (χ0n) is 7.49. The van der Waals surface area contributed by atoms with E-state index < -0.39 is 0 Å². The molecule has 0 spiro atoms. The van der Waals surface area contributed by atoms with E-state index in [-0.39, 0.29) is 5.97 Å². The summed E-state index contributed by atoms with van der Waals surface area (Å²) in [7, 11) is 1.37. The van der Waals surface area contributed by atoms with Crippen molar-refractivity contribution >= 4 is 11.7 Å². The molecule has 1 rings (SSSR count). The van der Waals surface area contributed by atoms with Crippen LogP contribution in [0.15, 0.2) is 18.5 Å². The van der Waals surface area contributed by atoms with Crippen LogP contribution in [0.4, 0.5) is 5.69 Å². The summed E-state index contributed by atoms with van der Waals surface area (Å²) in [6.45, 7) is 0. The molecule has 2 N–H and O–H groups in total. The van der Waals surface area contributed by atoms with Gasteiger partial charge in [-0.25, -0.2) is 0 Å². The summed E-state index contributed by atoms with van der Waals surface area (Å²) in [5.74, 6) is -0.220. The number of carbonyl (C=O) groups is 1. The molecule has 1 heterocycles. The van der Waals surface area contributed by atoms with Gasteiger partial charge in [-0.2, -0.15) is 0 Å². The highest BCUT2D eigenvalue weighted by Crippen LogP contribution is 2.06. The summed E-state index contributed by atoms with van der Waals surface area (Å²) in [6.07, 6.45) is 4.24. The third-order valence-electron chi connectivity index (χ3n) is 1.66. The first kappa shape index (κ1) is 9.51. The first-order valence-corrected chi connectivity index (χ1v) is 3.98. The lowest BCUT2D eigenvalue weighted by molar-refractivity contribution is -0.140. The van der Waals surface area contributed by atoms with Gasteiger partial charge in [0.15, 0.2) is 0 Å². The van der Waals surface area contributed by atoms with E-state index in [2.05, 4.69) is 9.72 Å². The van der Waals surface area contributed by atoms with Gasteiger partial charge in [-0.15, -0.1) is 0 Å². The molecule has 0 radical (unpaired) electrons. The van der Waals surface area contributed by atoms with E-state index >= 15 is 0 Å². The topological polar surface area (TPSA) is 65.2 Å². The fraction of sp³-hybridized carbons (Fsp3) is 0.333. The van der Waals surface area contributed by atoms with Crippen LogP contribution in [0.1, 0.15) is 12.0 Å². The number of nitrogens with zero attached hydrogens (tertiary/aromatic N) is 1. The molecule has 0 bridgehead atoms. The van der Waals surface area contributed by atoms with Crippen molar-refractivity contribution in [2.75, 3.05) is 12.8 Å². The number of aryl methyl sites for hydroxylation is 1. The molecule has 0 unspecified atom stereocenters. The summed E-state index contributed by atoms with van der Waals surface area (Å²) in [4.78, 5) is 14.7. The summed E-state index contributed by atoms with van der Waals surface area (Å²) < 4.78 is 4.51. The number of pyridine rings is 1. The molecule has 0 saturated carbocycles. The standard InChI is InChI=1S/C9H12N2O2/c1-13-9(12)3-2-7-4-8(10)6-11-5-7/h4-6H,2-3,10H2,1H3. The van der Waals surface area contributed by atoms with Crippen LogP contribution in [0, 0.1) is 0 Å².